The zero-order valence-electron chi connectivity index (χ0n) is 33.6. The minimum Gasteiger partial charge on any atom is -0.465 e. The van der Waals surface area contributed by atoms with Crippen LogP contribution in [-0.2, 0) is 36.4 Å². The number of benzene rings is 3. The highest BCUT2D eigenvalue weighted by Crippen LogP contribution is 2.36. The van der Waals surface area contributed by atoms with Crippen molar-refractivity contribution in [1.82, 2.24) is 15.0 Å². The molecule has 3 aromatic carbocycles. The largest absolute Gasteiger partial charge is 0.465 e. The standard InChI is InChI=1S/C45H63N3O4/c1-11-13-29-51-41(49)32(12-2)31-45(9,10)42(50)52-30-17-15-14-16-28-48-46-39-37(33-18-22-35(23-19-33)43(3,4)5)26-27-38(40(39)47-48)34-20-24-36(25-21-34)44(6,7)8/h18-27,32H,11-17,28-31H2,1-10H3. The summed E-state index contributed by atoms with van der Waals surface area (Å²) in [4.78, 5) is 27.3. The van der Waals surface area contributed by atoms with Crippen LogP contribution in [0.4, 0.5) is 0 Å². The van der Waals surface area contributed by atoms with E-state index in [0.29, 0.717) is 32.6 Å². The highest BCUT2D eigenvalue weighted by Gasteiger charge is 2.35. The van der Waals surface area contributed by atoms with E-state index >= 15 is 0 Å². The summed E-state index contributed by atoms with van der Waals surface area (Å²) in [6.45, 7) is 22.7. The van der Waals surface area contributed by atoms with Gasteiger partial charge in [0.05, 0.1) is 31.1 Å². The molecule has 1 heterocycles. The molecule has 1 atom stereocenters. The molecule has 0 N–H and O–H groups in total. The van der Waals surface area contributed by atoms with Crippen LogP contribution < -0.4 is 0 Å². The van der Waals surface area contributed by atoms with E-state index in [0.717, 1.165) is 71.8 Å². The number of carbonyl (C=O) groups is 2. The van der Waals surface area contributed by atoms with Crippen molar-refractivity contribution >= 4 is 23.0 Å². The Morgan fingerprint density at radius 3 is 1.58 bits per heavy atom. The number of unbranched alkanes of at least 4 members (excludes halogenated alkanes) is 4. The van der Waals surface area contributed by atoms with Crippen molar-refractivity contribution in [2.45, 2.75) is 138 Å². The molecule has 0 aliphatic carbocycles. The molecule has 4 rings (SSSR count). The lowest BCUT2D eigenvalue weighted by Gasteiger charge is -2.26. The molecule has 0 radical (unpaired) electrons. The van der Waals surface area contributed by atoms with Gasteiger partial charge in [-0.2, -0.15) is 15.0 Å². The summed E-state index contributed by atoms with van der Waals surface area (Å²) in [5.41, 5.74) is 8.28. The molecule has 0 amide bonds. The van der Waals surface area contributed by atoms with E-state index in [4.69, 9.17) is 19.7 Å². The average Bonchev–Trinajstić information content (AvgIpc) is 3.53. The predicted molar refractivity (Wildman–Crippen MR) is 213 cm³/mol. The van der Waals surface area contributed by atoms with E-state index in [9.17, 15) is 9.59 Å². The van der Waals surface area contributed by atoms with Crippen molar-refractivity contribution in [3.8, 4) is 22.3 Å². The van der Waals surface area contributed by atoms with E-state index < -0.39 is 5.41 Å². The van der Waals surface area contributed by atoms with Crippen molar-refractivity contribution in [3.05, 3.63) is 71.8 Å². The molecule has 0 spiro atoms. The monoisotopic (exact) mass is 709 g/mol. The summed E-state index contributed by atoms with van der Waals surface area (Å²) in [5, 5.41) is 10.1. The summed E-state index contributed by atoms with van der Waals surface area (Å²) in [7, 11) is 0. The molecule has 7 heteroatoms. The molecular weight excluding hydrogens is 647 g/mol. The maximum atomic E-state index is 12.9. The van der Waals surface area contributed by atoms with Gasteiger partial charge in [0.2, 0.25) is 0 Å². The maximum Gasteiger partial charge on any atom is 0.311 e. The molecule has 0 saturated heterocycles. The van der Waals surface area contributed by atoms with Crippen molar-refractivity contribution in [1.29, 1.82) is 0 Å². The van der Waals surface area contributed by atoms with Crippen LogP contribution in [0.2, 0.25) is 0 Å². The first-order valence-corrected chi connectivity index (χ1v) is 19.5. The summed E-state index contributed by atoms with van der Waals surface area (Å²) < 4.78 is 11.1. The highest BCUT2D eigenvalue weighted by atomic mass is 16.5. The summed E-state index contributed by atoms with van der Waals surface area (Å²) >= 11 is 0. The average molecular weight is 710 g/mol. The summed E-state index contributed by atoms with van der Waals surface area (Å²) in [6, 6.07) is 22.0. The first-order chi connectivity index (χ1) is 24.5. The molecule has 0 saturated carbocycles. The molecule has 1 unspecified atom stereocenters. The topological polar surface area (TPSA) is 83.3 Å². The van der Waals surface area contributed by atoms with Gasteiger partial charge in [-0.3, -0.25) is 9.59 Å². The van der Waals surface area contributed by atoms with Crippen LogP contribution in [0.1, 0.15) is 132 Å². The molecule has 4 aromatic rings. The van der Waals surface area contributed by atoms with Crippen molar-refractivity contribution in [3.63, 3.8) is 0 Å². The lowest BCUT2D eigenvalue weighted by Crippen LogP contribution is -2.32. The third kappa shape index (κ3) is 10.8. The zero-order valence-corrected chi connectivity index (χ0v) is 33.6. The number of aryl methyl sites for hydroxylation is 1. The maximum absolute atomic E-state index is 12.9. The fourth-order valence-corrected chi connectivity index (χ4v) is 6.50. The van der Waals surface area contributed by atoms with Gasteiger partial charge in [0.1, 0.15) is 11.0 Å². The van der Waals surface area contributed by atoms with Crippen LogP contribution in [0.5, 0.6) is 0 Å². The Labute approximate surface area is 312 Å². The first kappa shape index (κ1) is 40.8. The lowest BCUT2D eigenvalue weighted by atomic mass is 9.81. The van der Waals surface area contributed by atoms with Gasteiger partial charge in [-0.05, 0) is 85.5 Å². The van der Waals surface area contributed by atoms with Crippen molar-refractivity contribution < 1.29 is 19.1 Å². The minimum atomic E-state index is -0.751. The SMILES string of the molecule is CCCCOC(=O)C(CC)CC(C)(C)C(=O)OCCCCCCn1nc2c(-c3ccc(C(C)(C)C)cc3)ccc(-c3ccc(C(C)(C)C)cc3)c2n1. The molecule has 7 nitrogen and oxygen atoms in total. The number of aromatic nitrogens is 3. The molecule has 0 bridgehead atoms. The Morgan fingerprint density at radius 2 is 1.12 bits per heavy atom. The second-order valence-corrected chi connectivity index (χ2v) is 17.1. The van der Waals surface area contributed by atoms with E-state index in [2.05, 4.69) is 109 Å². The molecule has 0 aliphatic rings. The van der Waals surface area contributed by atoms with E-state index in [1.165, 1.54) is 11.1 Å². The van der Waals surface area contributed by atoms with Crippen LogP contribution in [0.3, 0.4) is 0 Å². The van der Waals surface area contributed by atoms with Crippen LogP contribution in [0.25, 0.3) is 33.3 Å². The van der Waals surface area contributed by atoms with Gasteiger partial charge in [0, 0.05) is 11.1 Å². The van der Waals surface area contributed by atoms with Crippen molar-refractivity contribution in [2.75, 3.05) is 13.2 Å². The Kier molecular flexibility index (Phi) is 13.9. The van der Waals surface area contributed by atoms with Gasteiger partial charge in [-0.25, -0.2) is 0 Å². The molecule has 0 aliphatic heterocycles. The van der Waals surface area contributed by atoms with E-state index in [1.807, 2.05) is 25.6 Å². The fourth-order valence-electron chi connectivity index (χ4n) is 6.50. The Bertz CT molecular complexity index is 1660. The van der Waals surface area contributed by atoms with Crippen LogP contribution in [0, 0.1) is 11.3 Å². The van der Waals surface area contributed by atoms with Crippen LogP contribution >= 0.6 is 0 Å². The smallest absolute Gasteiger partial charge is 0.311 e. The highest BCUT2D eigenvalue weighted by molar-refractivity contribution is 6.00. The number of fused-ring (bicyclic) bond motifs is 1. The molecular formula is C45H63N3O4. The zero-order chi connectivity index (χ0) is 38.1. The van der Waals surface area contributed by atoms with E-state index in [-0.39, 0.29) is 28.7 Å². The van der Waals surface area contributed by atoms with Gasteiger partial charge in [-0.15, -0.1) is 0 Å². The second kappa shape index (κ2) is 17.7. The second-order valence-electron chi connectivity index (χ2n) is 17.1. The number of nitrogens with zero attached hydrogens (tertiary/aromatic N) is 3. The Balaban J connectivity index is 1.39. The number of carbonyl (C=O) groups excluding carboxylic acids is 2. The van der Waals surface area contributed by atoms with Gasteiger partial charge >= 0.3 is 11.9 Å². The Morgan fingerprint density at radius 1 is 0.635 bits per heavy atom. The minimum absolute atomic E-state index is 0.0846. The number of hydrogen-bond donors (Lipinski definition) is 0. The number of ether oxygens (including phenoxy) is 2. The number of hydrogen-bond acceptors (Lipinski definition) is 6. The predicted octanol–water partition coefficient (Wildman–Crippen LogP) is 11.2. The van der Waals surface area contributed by atoms with Crippen LogP contribution in [0.15, 0.2) is 60.7 Å². The molecule has 282 valence electrons. The lowest BCUT2D eigenvalue weighted by molar-refractivity contribution is -0.158. The van der Waals surface area contributed by atoms with Crippen LogP contribution in [-0.4, -0.2) is 40.1 Å². The van der Waals surface area contributed by atoms with Crippen molar-refractivity contribution in [2.24, 2.45) is 11.3 Å². The van der Waals surface area contributed by atoms with Gasteiger partial charge in [-0.1, -0.05) is 129 Å². The molecule has 0 fully saturated rings. The molecule has 1 aromatic heterocycles. The van der Waals surface area contributed by atoms with Gasteiger partial charge in [0.15, 0.2) is 0 Å². The molecule has 52 heavy (non-hydrogen) atoms. The quantitative estimate of drug-likeness (QED) is 0.0801. The number of esters is 2. The summed E-state index contributed by atoms with van der Waals surface area (Å²) in [5.74, 6) is -0.775. The normalized spacial score (nSPS) is 13.0. The summed E-state index contributed by atoms with van der Waals surface area (Å²) in [6.07, 6.45) is 6.51. The van der Waals surface area contributed by atoms with Gasteiger partial charge < -0.3 is 9.47 Å². The third-order valence-electron chi connectivity index (χ3n) is 10.1. The fraction of sp³-hybridized carbons (Fsp3) is 0.556. The third-order valence-corrected chi connectivity index (χ3v) is 10.1. The number of rotatable bonds is 17. The van der Waals surface area contributed by atoms with E-state index in [1.54, 1.807) is 0 Å². The Hall–Kier alpha value is -4.00. The first-order valence-electron chi connectivity index (χ1n) is 19.5. The van der Waals surface area contributed by atoms with Gasteiger partial charge in [0.25, 0.3) is 0 Å².